The Hall–Kier alpha value is -0.0800. The maximum Gasteiger partial charge on any atom is 0.0465 e. The summed E-state index contributed by atoms with van der Waals surface area (Å²) in [7, 11) is 0. The quantitative estimate of drug-likeness (QED) is 0.512. The Balaban J connectivity index is 1.98. The lowest BCUT2D eigenvalue weighted by molar-refractivity contribution is 0.252. The van der Waals surface area contributed by atoms with Crippen LogP contribution < -0.4 is 5.32 Å². The molecule has 2 aliphatic rings. The fourth-order valence-corrected chi connectivity index (χ4v) is 2.22. The van der Waals surface area contributed by atoms with E-state index in [9.17, 15) is 0 Å². The van der Waals surface area contributed by atoms with E-state index in [0.29, 0.717) is 18.6 Å². The lowest BCUT2D eigenvalue weighted by Gasteiger charge is -2.07. The third-order valence-electron chi connectivity index (χ3n) is 2.86. The van der Waals surface area contributed by atoms with Crippen molar-refractivity contribution in [3.05, 3.63) is 0 Å². The van der Waals surface area contributed by atoms with Gasteiger partial charge in [0.15, 0.2) is 0 Å². The van der Waals surface area contributed by atoms with Crippen LogP contribution in [0.4, 0.5) is 0 Å². The van der Waals surface area contributed by atoms with Crippen LogP contribution in [0, 0.1) is 17.8 Å². The van der Waals surface area contributed by atoms with E-state index < -0.39 is 0 Å². The van der Waals surface area contributed by atoms with E-state index in [4.69, 9.17) is 5.11 Å². The molecule has 4 atom stereocenters. The topological polar surface area (TPSA) is 32.3 Å². The van der Waals surface area contributed by atoms with Crippen molar-refractivity contribution in [2.45, 2.75) is 13.0 Å². The number of hydrogen-bond donors (Lipinski definition) is 2. The molecule has 1 saturated carbocycles. The maximum atomic E-state index is 8.80. The first kappa shape index (κ1) is 5.69. The van der Waals surface area contributed by atoms with Crippen LogP contribution in [-0.4, -0.2) is 24.3 Å². The molecule has 52 valence electrons. The van der Waals surface area contributed by atoms with E-state index in [1.807, 2.05) is 0 Å². The highest BCUT2D eigenvalue weighted by Crippen LogP contribution is 2.51. The van der Waals surface area contributed by atoms with Crippen molar-refractivity contribution in [1.82, 2.24) is 5.32 Å². The minimum absolute atomic E-state index is 0.404. The number of nitrogens with one attached hydrogen (secondary N) is 1. The molecular formula is C7H13NO. The second kappa shape index (κ2) is 1.70. The molecule has 2 N–H and O–H groups in total. The molecule has 1 aliphatic carbocycles. The molecule has 2 fully saturated rings. The van der Waals surface area contributed by atoms with Gasteiger partial charge in [0, 0.05) is 12.6 Å². The monoisotopic (exact) mass is 127 g/mol. The van der Waals surface area contributed by atoms with Crippen molar-refractivity contribution in [2.75, 3.05) is 13.2 Å². The van der Waals surface area contributed by atoms with E-state index in [2.05, 4.69) is 12.2 Å². The Kier molecular flexibility index (Phi) is 1.08. The van der Waals surface area contributed by atoms with Crippen LogP contribution in [0.3, 0.4) is 0 Å². The minimum atomic E-state index is 0.404. The summed E-state index contributed by atoms with van der Waals surface area (Å²) in [6.07, 6.45) is 0. The first-order valence-corrected chi connectivity index (χ1v) is 3.69. The molecule has 0 bridgehead atoms. The Morgan fingerprint density at radius 2 is 2.44 bits per heavy atom. The molecule has 1 heterocycles. The van der Waals surface area contributed by atoms with Gasteiger partial charge in [-0.2, -0.15) is 0 Å². The zero-order valence-electron chi connectivity index (χ0n) is 5.67. The van der Waals surface area contributed by atoms with Crippen molar-refractivity contribution < 1.29 is 5.11 Å². The summed E-state index contributed by atoms with van der Waals surface area (Å²) in [5.74, 6) is 2.25. The van der Waals surface area contributed by atoms with Gasteiger partial charge in [-0.1, -0.05) is 0 Å². The van der Waals surface area contributed by atoms with Crippen LogP contribution >= 0.6 is 0 Å². The van der Waals surface area contributed by atoms with Gasteiger partial charge in [0.25, 0.3) is 0 Å². The van der Waals surface area contributed by atoms with Crippen LogP contribution in [0.25, 0.3) is 0 Å². The standard InChI is InChI=1S/C7H13NO/c1-4-7-5(2-8-4)6(7)3-9/h4-9H,2-3H2,1H3. The van der Waals surface area contributed by atoms with Gasteiger partial charge in [-0.25, -0.2) is 0 Å². The Labute approximate surface area is 55.3 Å². The average molecular weight is 127 g/mol. The number of rotatable bonds is 1. The molecule has 0 spiro atoms. The summed E-state index contributed by atoms with van der Waals surface area (Å²) >= 11 is 0. The second-order valence-electron chi connectivity index (χ2n) is 3.28. The normalized spacial score (nSPS) is 55.3. The van der Waals surface area contributed by atoms with Crippen LogP contribution in [0.1, 0.15) is 6.92 Å². The maximum absolute atomic E-state index is 8.80. The molecule has 4 unspecified atom stereocenters. The molecule has 0 radical (unpaired) electrons. The zero-order valence-corrected chi connectivity index (χ0v) is 5.67. The molecule has 2 heteroatoms. The zero-order chi connectivity index (χ0) is 6.43. The SMILES string of the molecule is CC1NCC2C(CO)C12. The highest BCUT2D eigenvalue weighted by molar-refractivity contribution is 5.07. The van der Waals surface area contributed by atoms with Crippen molar-refractivity contribution in [2.24, 2.45) is 17.8 Å². The van der Waals surface area contributed by atoms with Gasteiger partial charge >= 0.3 is 0 Å². The van der Waals surface area contributed by atoms with E-state index >= 15 is 0 Å². The lowest BCUT2D eigenvalue weighted by Crippen LogP contribution is -2.25. The fraction of sp³-hybridized carbons (Fsp3) is 1.00. The summed E-state index contributed by atoms with van der Waals surface area (Å²) < 4.78 is 0. The van der Waals surface area contributed by atoms with Crippen LogP contribution in [0.5, 0.6) is 0 Å². The van der Waals surface area contributed by atoms with Crippen LogP contribution in [-0.2, 0) is 0 Å². The third-order valence-corrected chi connectivity index (χ3v) is 2.86. The van der Waals surface area contributed by atoms with E-state index in [-0.39, 0.29) is 0 Å². The smallest absolute Gasteiger partial charge is 0.0465 e. The van der Waals surface area contributed by atoms with Crippen molar-refractivity contribution in [3.63, 3.8) is 0 Å². The Morgan fingerprint density at radius 1 is 1.67 bits per heavy atom. The second-order valence-corrected chi connectivity index (χ2v) is 3.28. The predicted molar refractivity (Wildman–Crippen MR) is 35.0 cm³/mol. The molecule has 0 amide bonds. The molecule has 2 rings (SSSR count). The molecule has 0 aromatic carbocycles. The number of hydrogen-bond acceptors (Lipinski definition) is 2. The molecule has 0 aromatic rings. The highest BCUT2D eigenvalue weighted by Gasteiger charge is 2.55. The first-order chi connectivity index (χ1) is 4.34. The molecule has 1 aliphatic heterocycles. The van der Waals surface area contributed by atoms with Gasteiger partial charge in [-0.05, 0) is 31.2 Å². The number of aliphatic hydroxyl groups is 1. The summed E-state index contributed by atoms with van der Waals surface area (Å²) in [5.41, 5.74) is 0. The number of aliphatic hydroxyl groups excluding tert-OH is 1. The third kappa shape index (κ3) is 0.634. The average Bonchev–Trinajstić information content (AvgIpc) is 2.46. The number of fused-ring (bicyclic) bond motifs is 1. The summed E-state index contributed by atoms with van der Waals surface area (Å²) in [6.45, 7) is 3.75. The molecule has 0 aromatic heterocycles. The largest absolute Gasteiger partial charge is 0.396 e. The van der Waals surface area contributed by atoms with Gasteiger partial charge < -0.3 is 10.4 Å². The Morgan fingerprint density at radius 3 is 2.78 bits per heavy atom. The minimum Gasteiger partial charge on any atom is -0.396 e. The van der Waals surface area contributed by atoms with E-state index in [1.54, 1.807) is 0 Å². The van der Waals surface area contributed by atoms with Crippen molar-refractivity contribution >= 4 is 0 Å². The first-order valence-electron chi connectivity index (χ1n) is 3.69. The highest BCUT2D eigenvalue weighted by atomic mass is 16.3. The van der Waals surface area contributed by atoms with Gasteiger partial charge in [0.05, 0.1) is 0 Å². The summed E-state index contributed by atoms with van der Waals surface area (Å²) in [5, 5.41) is 12.2. The molecular weight excluding hydrogens is 114 g/mol. The van der Waals surface area contributed by atoms with E-state index in [0.717, 1.165) is 18.4 Å². The van der Waals surface area contributed by atoms with Crippen LogP contribution in [0.2, 0.25) is 0 Å². The lowest BCUT2D eigenvalue weighted by atomic mass is 10.2. The van der Waals surface area contributed by atoms with Gasteiger partial charge in [0.1, 0.15) is 0 Å². The summed E-state index contributed by atoms with van der Waals surface area (Å²) in [6, 6.07) is 0.659. The molecule has 9 heavy (non-hydrogen) atoms. The van der Waals surface area contributed by atoms with Crippen LogP contribution in [0.15, 0.2) is 0 Å². The fourth-order valence-electron chi connectivity index (χ4n) is 2.22. The number of piperidine rings is 1. The van der Waals surface area contributed by atoms with Crippen molar-refractivity contribution in [1.29, 1.82) is 0 Å². The summed E-state index contributed by atoms with van der Waals surface area (Å²) in [4.78, 5) is 0. The van der Waals surface area contributed by atoms with Gasteiger partial charge in [-0.15, -0.1) is 0 Å². The van der Waals surface area contributed by atoms with Crippen molar-refractivity contribution in [3.8, 4) is 0 Å². The molecule has 1 saturated heterocycles. The predicted octanol–water partition coefficient (Wildman–Crippen LogP) is -0.167. The van der Waals surface area contributed by atoms with Gasteiger partial charge in [-0.3, -0.25) is 0 Å². The van der Waals surface area contributed by atoms with Gasteiger partial charge in [0.2, 0.25) is 0 Å². The van der Waals surface area contributed by atoms with E-state index in [1.165, 1.54) is 0 Å². The molecule has 2 nitrogen and oxygen atoms in total. The Bertz CT molecular complexity index is 122.